The number of fused-ring (bicyclic) bond motifs is 1. The summed E-state index contributed by atoms with van der Waals surface area (Å²) in [6.45, 7) is 1.08. The highest BCUT2D eigenvalue weighted by atomic mass is 32.1. The summed E-state index contributed by atoms with van der Waals surface area (Å²) in [5.74, 6) is -0.641. The van der Waals surface area contributed by atoms with Crippen LogP contribution in [-0.2, 0) is 11.3 Å². The first-order chi connectivity index (χ1) is 15.5. The van der Waals surface area contributed by atoms with E-state index in [0.717, 1.165) is 0 Å². The molecule has 0 unspecified atom stereocenters. The number of hydrogen-bond acceptors (Lipinski definition) is 6. The number of amides is 1. The molecule has 10 heteroatoms. The maximum atomic E-state index is 13.6. The lowest BCUT2D eigenvalue weighted by Crippen LogP contribution is -2.30. The molecule has 0 fully saturated rings. The molecular weight excluding hydrogens is 433 g/mol. The van der Waals surface area contributed by atoms with E-state index in [1.165, 1.54) is 41.7 Å². The standard InChI is InChI=1S/C22H18FN5O3S/c23-17-5-8-19-20(14-17)32-22(25-19)27(12-1-11-26-13-10-24-15-26)21(29)9-4-16-2-6-18(7-3-16)28(30)31/h2-10,13-15H,1,11-12H2/b9-4+. The maximum absolute atomic E-state index is 13.6. The van der Waals surface area contributed by atoms with Gasteiger partial charge < -0.3 is 4.57 Å². The lowest BCUT2D eigenvalue weighted by atomic mass is 10.2. The van der Waals surface area contributed by atoms with Crippen molar-refractivity contribution >= 4 is 44.4 Å². The lowest BCUT2D eigenvalue weighted by molar-refractivity contribution is -0.384. The van der Waals surface area contributed by atoms with Crippen LogP contribution >= 0.6 is 11.3 Å². The Morgan fingerprint density at radius 1 is 1.25 bits per heavy atom. The molecular formula is C22H18FN5O3S. The van der Waals surface area contributed by atoms with Gasteiger partial charge in [0, 0.05) is 43.7 Å². The van der Waals surface area contributed by atoms with Crippen molar-refractivity contribution in [3.63, 3.8) is 0 Å². The molecule has 2 aromatic heterocycles. The van der Waals surface area contributed by atoms with E-state index in [2.05, 4.69) is 9.97 Å². The number of benzene rings is 2. The van der Waals surface area contributed by atoms with Gasteiger partial charge in [-0.1, -0.05) is 11.3 Å². The molecule has 0 spiro atoms. The largest absolute Gasteiger partial charge is 0.337 e. The monoisotopic (exact) mass is 451 g/mol. The van der Waals surface area contributed by atoms with Crippen LogP contribution in [0.3, 0.4) is 0 Å². The SMILES string of the molecule is O=C(/C=C/c1ccc([N+](=O)[O-])cc1)N(CCCn1ccnc1)c1nc2ccc(F)cc2s1. The number of non-ortho nitro benzene ring substituents is 1. The Balaban J connectivity index is 1.55. The second-order valence-corrected chi connectivity index (χ2v) is 7.94. The molecule has 0 atom stereocenters. The third kappa shape index (κ3) is 5.03. The molecule has 4 rings (SSSR count). The van der Waals surface area contributed by atoms with Crippen molar-refractivity contribution in [1.29, 1.82) is 0 Å². The van der Waals surface area contributed by atoms with Gasteiger partial charge in [-0.25, -0.2) is 14.4 Å². The highest BCUT2D eigenvalue weighted by Crippen LogP contribution is 2.30. The van der Waals surface area contributed by atoms with Gasteiger partial charge in [0.05, 0.1) is 21.5 Å². The van der Waals surface area contributed by atoms with Crippen molar-refractivity contribution in [3.8, 4) is 0 Å². The molecule has 162 valence electrons. The number of nitrogens with zero attached hydrogens (tertiary/aromatic N) is 5. The average molecular weight is 451 g/mol. The minimum absolute atomic E-state index is 0.0173. The number of halogens is 1. The third-order valence-corrected chi connectivity index (χ3v) is 5.76. The van der Waals surface area contributed by atoms with E-state index in [1.54, 1.807) is 41.7 Å². The number of hydrogen-bond donors (Lipinski definition) is 0. The molecule has 1 amide bonds. The van der Waals surface area contributed by atoms with E-state index in [4.69, 9.17) is 0 Å². The Morgan fingerprint density at radius 3 is 2.78 bits per heavy atom. The first kappa shape index (κ1) is 21.3. The summed E-state index contributed by atoms with van der Waals surface area (Å²) in [5, 5.41) is 11.3. The van der Waals surface area contributed by atoms with E-state index in [9.17, 15) is 19.3 Å². The zero-order valence-electron chi connectivity index (χ0n) is 16.8. The number of imidazole rings is 1. The van der Waals surface area contributed by atoms with Crippen LogP contribution in [-0.4, -0.2) is 31.9 Å². The fourth-order valence-electron chi connectivity index (χ4n) is 3.10. The Hall–Kier alpha value is -3.92. The molecule has 2 heterocycles. The van der Waals surface area contributed by atoms with Gasteiger partial charge in [-0.15, -0.1) is 0 Å². The molecule has 0 saturated carbocycles. The van der Waals surface area contributed by atoms with Crippen molar-refractivity contribution in [2.45, 2.75) is 13.0 Å². The predicted octanol–water partition coefficient (Wildman–Crippen LogP) is 4.68. The van der Waals surface area contributed by atoms with Crippen molar-refractivity contribution in [3.05, 3.63) is 88.8 Å². The second-order valence-electron chi connectivity index (χ2n) is 6.93. The average Bonchev–Trinajstić information content (AvgIpc) is 3.44. The Bertz CT molecular complexity index is 1270. The van der Waals surface area contributed by atoms with Gasteiger partial charge in [0.15, 0.2) is 5.13 Å². The molecule has 2 aromatic carbocycles. The maximum Gasteiger partial charge on any atom is 0.269 e. The highest BCUT2D eigenvalue weighted by Gasteiger charge is 2.18. The van der Waals surface area contributed by atoms with Crippen molar-refractivity contribution in [2.24, 2.45) is 0 Å². The Labute approximate surface area is 186 Å². The molecule has 8 nitrogen and oxygen atoms in total. The number of nitro groups is 1. The van der Waals surface area contributed by atoms with Gasteiger partial charge >= 0.3 is 0 Å². The highest BCUT2D eigenvalue weighted by molar-refractivity contribution is 7.22. The van der Waals surface area contributed by atoms with Crippen molar-refractivity contribution < 1.29 is 14.1 Å². The molecule has 0 aliphatic carbocycles. The van der Waals surface area contributed by atoms with Crippen LogP contribution in [0.1, 0.15) is 12.0 Å². The summed E-state index contributed by atoms with van der Waals surface area (Å²) in [7, 11) is 0. The van der Waals surface area contributed by atoms with Gasteiger partial charge in [0.1, 0.15) is 5.82 Å². The number of carbonyl (C=O) groups is 1. The number of rotatable bonds is 8. The molecule has 4 aromatic rings. The zero-order chi connectivity index (χ0) is 22.5. The number of aryl methyl sites for hydroxylation is 1. The van der Waals surface area contributed by atoms with Crippen LogP contribution in [0.2, 0.25) is 0 Å². The lowest BCUT2D eigenvalue weighted by Gasteiger charge is -2.18. The van der Waals surface area contributed by atoms with Crippen LogP contribution in [0.4, 0.5) is 15.2 Å². The molecule has 0 N–H and O–H groups in total. The minimum Gasteiger partial charge on any atom is -0.337 e. The van der Waals surface area contributed by atoms with Crippen LogP contribution < -0.4 is 4.90 Å². The number of nitro benzene ring substituents is 1. The number of anilines is 1. The van der Waals surface area contributed by atoms with E-state index in [-0.39, 0.29) is 17.4 Å². The van der Waals surface area contributed by atoms with Gasteiger partial charge in [-0.2, -0.15) is 0 Å². The number of thiazole rings is 1. The topological polar surface area (TPSA) is 94.2 Å². The molecule has 0 aliphatic rings. The predicted molar refractivity (Wildman–Crippen MR) is 121 cm³/mol. The summed E-state index contributed by atoms with van der Waals surface area (Å²) in [6.07, 6.45) is 8.92. The van der Waals surface area contributed by atoms with Gasteiger partial charge in [0.2, 0.25) is 0 Å². The summed E-state index contributed by atoms with van der Waals surface area (Å²) in [5.41, 5.74) is 1.27. The smallest absolute Gasteiger partial charge is 0.269 e. The van der Waals surface area contributed by atoms with Gasteiger partial charge in [-0.05, 0) is 48.4 Å². The van der Waals surface area contributed by atoms with E-state index >= 15 is 0 Å². The van der Waals surface area contributed by atoms with Crippen LogP contribution in [0, 0.1) is 15.9 Å². The minimum atomic E-state index is -0.476. The Kier molecular flexibility index (Phi) is 6.31. The quantitative estimate of drug-likeness (QED) is 0.220. The van der Waals surface area contributed by atoms with E-state index in [0.29, 0.717) is 40.4 Å². The molecule has 32 heavy (non-hydrogen) atoms. The summed E-state index contributed by atoms with van der Waals surface area (Å²) in [6, 6.07) is 10.2. The van der Waals surface area contributed by atoms with Crippen LogP contribution in [0.5, 0.6) is 0 Å². The van der Waals surface area contributed by atoms with Gasteiger partial charge in [0.25, 0.3) is 11.6 Å². The molecule has 0 saturated heterocycles. The molecule has 0 radical (unpaired) electrons. The molecule has 0 bridgehead atoms. The normalized spacial score (nSPS) is 11.3. The van der Waals surface area contributed by atoms with E-state index in [1.807, 2.05) is 10.8 Å². The number of aromatic nitrogens is 3. The van der Waals surface area contributed by atoms with Crippen LogP contribution in [0.15, 0.2) is 67.3 Å². The van der Waals surface area contributed by atoms with Crippen molar-refractivity contribution in [2.75, 3.05) is 11.4 Å². The zero-order valence-corrected chi connectivity index (χ0v) is 17.6. The van der Waals surface area contributed by atoms with Crippen molar-refractivity contribution in [1.82, 2.24) is 14.5 Å². The van der Waals surface area contributed by atoms with Gasteiger partial charge in [-0.3, -0.25) is 19.8 Å². The summed E-state index contributed by atoms with van der Waals surface area (Å²) < 4.78 is 16.2. The third-order valence-electron chi connectivity index (χ3n) is 4.72. The summed E-state index contributed by atoms with van der Waals surface area (Å²) in [4.78, 5) is 33.4. The first-order valence-electron chi connectivity index (χ1n) is 9.75. The van der Waals surface area contributed by atoms with E-state index < -0.39 is 4.92 Å². The number of carbonyl (C=O) groups excluding carboxylic acids is 1. The fourth-order valence-corrected chi connectivity index (χ4v) is 4.12. The second kappa shape index (κ2) is 9.48. The summed E-state index contributed by atoms with van der Waals surface area (Å²) >= 11 is 1.25. The van der Waals surface area contributed by atoms with Crippen LogP contribution in [0.25, 0.3) is 16.3 Å². The fraction of sp³-hybridized carbons (Fsp3) is 0.136. The molecule has 0 aliphatic heterocycles. The Morgan fingerprint density at radius 2 is 2.06 bits per heavy atom. The first-order valence-corrected chi connectivity index (χ1v) is 10.6.